The Labute approximate surface area is 65.7 Å². The average Bonchev–Trinajstić information content (AvgIpc) is 1.96. The Kier molecular flexibility index (Phi) is 4.09. The lowest BCUT2D eigenvalue weighted by molar-refractivity contribution is -0.199. The number of esters is 1. The lowest BCUT2D eigenvalue weighted by atomic mass is 10.6. The molecule has 0 spiro atoms. The van der Waals surface area contributed by atoms with Gasteiger partial charge in [0.15, 0.2) is 0 Å². The number of alkyl halides is 3. The SMILES string of the molecule is O=CNCCOC(=O)C(F)(F)F. The Hall–Kier alpha value is -1.27. The van der Waals surface area contributed by atoms with Gasteiger partial charge in [-0.15, -0.1) is 0 Å². The van der Waals surface area contributed by atoms with Gasteiger partial charge in [-0.2, -0.15) is 13.2 Å². The zero-order chi connectivity index (χ0) is 9.61. The van der Waals surface area contributed by atoms with Crippen molar-refractivity contribution in [2.75, 3.05) is 13.2 Å². The third-order valence-corrected chi connectivity index (χ3v) is 0.794. The molecule has 0 aliphatic carbocycles. The second-order valence-corrected chi connectivity index (χ2v) is 1.71. The summed E-state index contributed by atoms with van der Waals surface area (Å²) >= 11 is 0. The van der Waals surface area contributed by atoms with E-state index < -0.39 is 18.8 Å². The monoisotopic (exact) mass is 185 g/mol. The fraction of sp³-hybridized carbons (Fsp3) is 0.600. The smallest absolute Gasteiger partial charge is 0.457 e. The van der Waals surface area contributed by atoms with Crippen LogP contribution in [-0.2, 0) is 14.3 Å². The zero-order valence-electron chi connectivity index (χ0n) is 5.85. The minimum atomic E-state index is -4.97. The van der Waals surface area contributed by atoms with Crippen molar-refractivity contribution in [1.29, 1.82) is 0 Å². The van der Waals surface area contributed by atoms with Crippen molar-refractivity contribution in [2.45, 2.75) is 6.18 Å². The molecule has 70 valence electrons. The van der Waals surface area contributed by atoms with Crippen LogP contribution in [0, 0.1) is 0 Å². The Bertz CT molecular complexity index is 168. The van der Waals surface area contributed by atoms with Crippen LogP contribution < -0.4 is 5.32 Å². The van der Waals surface area contributed by atoms with Crippen LogP contribution in [0.2, 0.25) is 0 Å². The number of nitrogens with one attached hydrogen (secondary N) is 1. The maximum Gasteiger partial charge on any atom is 0.490 e. The quantitative estimate of drug-likeness (QED) is 0.376. The lowest BCUT2D eigenvalue weighted by Crippen LogP contribution is -2.28. The highest BCUT2D eigenvalue weighted by Crippen LogP contribution is 2.15. The minimum Gasteiger partial charge on any atom is -0.457 e. The number of hydrogen-bond donors (Lipinski definition) is 1. The number of ether oxygens (including phenoxy) is 1. The van der Waals surface area contributed by atoms with E-state index in [1.54, 1.807) is 0 Å². The van der Waals surface area contributed by atoms with Crippen molar-refractivity contribution >= 4 is 12.4 Å². The largest absolute Gasteiger partial charge is 0.490 e. The van der Waals surface area contributed by atoms with Gasteiger partial charge in [-0.1, -0.05) is 0 Å². The first-order valence-corrected chi connectivity index (χ1v) is 2.89. The van der Waals surface area contributed by atoms with E-state index in [4.69, 9.17) is 0 Å². The van der Waals surface area contributed by atoms with Gasteiger partial charge >= 0.3 is 12.1 Å². The average molecular weight is 185 g/mol. The first-order valence-electron chi connectivity index (χ1n) is 2.89. The standard InChI is InChI=1S/C5H6F3NO3/c6-5(7,8)4(11)12-2-1-9-3-10/h3H,1-2H2,(H,9,10). The molecule has 0 unspecified atom stereocenters. The van der Waals surface area contributed by atoms with Gasteiger partial charge in [0.25, 0.3) is 0 Å². The maximum absolute atomic E-state index is 11.4. The minimum absolute atomic E-state index is 0.134. The topological polar surface area (TPSA) is 55.4 Å². The van der Waals surface area contributed by atoms with E-state index >= 15 is 0 Å². The normalized spacial score (nSPS) is 10.6. The molecule has 0 fully saturated rings. The van der Waals surface area contributed by atoms with Crippen LogP contribution in [0.3, 0.4) is 0 Å². The third-order valence-electron chi connectivity index (χ3n) is 0.794. The highest BCUT2D eigenvalue weighted by Gasteiger charge is 2.40. The Balaban J connectivity index is 3.51. The van der Waals surface area contributed by atoms with Crippen LogP contribution in [-0.4, -0.2) is 31.7 Å². The van der Waals surface area contributed by atoms with E-state index in [1.807, 2.05) is 5.32 Å². The highest BCUT2D eigenvalue weighted by molar-refractivity contribution is 5.75. The molecule has 0 aliphatic heterocycles. The summed E-state index contributed by atoms with van der Waals surface area (Å²) in [5.74, 6) is -2.25. The summed E-state index contributed by atoms with van der Waals surface area (Å²) in [6.07, 6.45) is -4.68. The van der Waals surface area contributed by atoms with Crippen molar-refractivity contribution in [3.8, 4) is 0 Å². The van der Waals surface area contributed by atoms with Gasteiger partial charge in [-0.3, -0.25) is 4.79 Å². The van der Waals surface area contributed by atoms with Crippen molar-refractivity contribution < 1.29 is 27.5 Å². The Morgan fingerprint density at radius 3 is 2.50 bits per heavy atom. The fourth-order valence-electron chi connectivity index (χ4n) is 0.343. The van der Waals surface area contributed by atoms with E-state index in [-0.39, 0.29) is 6.54 Å². The molecular formula is C5H6F3NO3. The Morgan fingerprint density at radius 2 is 2.08 bits per heavy atom. The second-order valence-electron chi connectivity index (χ2n) is 1.71. The Morgan fingerprint density at radius 1 is 1.50 bits per heavy atom. The summed E-state index contributed by atoms with van der Waals surface area (Å²) in [5.41, 5.74) is 0. The predicted molar refractivity (Wildman–Crippen MR) is 31.1 cm³/mol. The molecule has 12 heavy (non-hydrogen) atoms. The van der Waals surface area contributed by atoms with Crippen LogP contribution in [0.4, 0.5) is 13.2 Å². The number of rotatable bonds is 4. The molecule has 0 aliphatic rings. The molecule has 4 nitrogen and oxygen atoms in total. The second kappa shape index (κ2) is 4.58. The van der Waals surface area contributed by atoms with Gasteiger partial charge in [-0.25, -0.2) is 4.79 Å². The molecule has 1 N–H and O–H groups in total. The van der Waals surface area contributed by atoms with Crippen molar-refractivity contribution in [2.24, 2.45) is 0 Å². The number of hydrogen-bond acceptors (Lipinski definition) is 3. The molecule has 0 aromatic rings. The van der Waals surface area contributed by atoms with Crippen molar-refractivity contribution in [3.05, 3.63) is 0 Å². The van der Waals surface area contributed by atoms with Gasteiger partial charge in [0.1, 0.15) is 6.61 Å². The highest BCUT2D eigenvalue weighted by atomic mass is 19.4. The van der Waals surface area contributed by atoms with Crippen LogP contribution in [0.1, 0.15) is 0 Å². The molecule has 7 heteroatoms. The van der Waals surface area contributed by atoms with E-state index in [2.05, 4.69) is 4.74 Å². The number of halogens is 3. The van der Waals surface area contributed by atoms with Gasteiger partial charge in [0, 0.05) is 0 Å². The summed E-state index contributed by atoms with van der Waals surface area (Å²) in [5, 5.41) is 2.03. The summed E-state index contributed by atoms with van der Waals surface area (Å²) in [6, 6.07) is 0. The molecule has 0 atom stereocenters. The summed E-state index contributed by atoms with van der Waals surface area (Å²) in [4.78, 5) is 19.5. The summed E-state index contributed by atoms with van der Waals surface area (Å²) in [6.45, 7) is -0.623. The van der Waals surface area contributed by atoms with Crippen LogP contribution in [0.25, 0.3) is 0 Å². The van der Waals surface area contributed by atoms with Gasteiger partial charge in [0.05, 0.1) is 6.54 Å². The van der Waals surface area contributed by atoms with Gasteiger partial charge < -0.3 is 10.1 Å². The molecule has 0 bridgehead atoms. The number of amides is 1. The third kappa shape index (κ3) is 4.53. The first kappa shape index (κ1) is 10.7. The van der Waals surface area contributed by atoms with Crippen LogP contribution >= 0.6 is 0 Å². The molecular weight excluding hydrogens is 179 g/mol. The molecule has 0 saturated heterocycles. The predicted octanol–water partition coefficient (Wildman–Crippen LogP) is -0.162. The number of carbonyl (C=O) groups is 2. The molecule has 0 saturated carbocycles. The van der Waals surface area contributed by atoms with Gasteiger partial charge in [-0.05, 0) is 0 Å². The zero-order valence-corrected chi connectivity index (χ0v) is 5.85. The van der Waals surface area contributed by atoms with Crippen LogP contribution in [0.5, 0.6) is 0 Å². The summed E-state index contributed by atoms with van der Waals surface area (Å²) < 4.78 is 37.9. The van der Waals surface area contributed by atoms with Crippen molar-refractivity contribution in [1.82, 2.24) is 5.32 Å². The maximum atomic E-state index is 11.4. The molecule has 0 aromatic heterocycles. The van der Waals surface area contributed by atoms with E-state index in [9.17, 15) is 22.8 Å². The van der Waals surface area contributed by atoms with E-state index in [0.717, 1.165) is 0 Å². The van der Waals surface area contributed by atoms with Crippen molar-refractivity contribution in [3.63, 3.8) is 0 Å². The van der Waals surface area contributed by atoms with Gasteiger partial charge in [0.2, 0.25) is 6.41 Å². The van der Waals surface area contributed by atoms with E-state index in [0.29, 0.717) is 6.41 Å². The summed E-state index contributed by atoms with van der Waals surface area (Å²) in [7, 11) is 0. The molecule has 0 aromatic carbocycles. The first-order chi connectivity index (χ1) is 5.48. The molecule has 0 radical (unpaired) electrons. The number of carbonyl (C=O) groups excluding carboxylic acids is 2. The van der Waals surface area contributed by atoms with E-state index in [1.165, 1.54) is 0 Å². The molecule has 0 rings (SSSR count). The molecule has 0 heterocycles. The fourth-order valence-corrected chi connectivity index (χ4v) is 0.343. The molecule has 1 amide bonds. The van der Waals surface area contributed by atoms with Crippen LogP contribution in [0.15, 0.2) is 0 Å². The lowest BCUT2D eigenvalue weighted by Gasteiger charge is -2.05.